The van der Waals surface area contributed by atoms with Crippen molar-refractivity contribution in [3.63, 3.8) is 0 Å². The van der Waals surface area contributed by atoms with Crippen molar-refractivity contribution in [3.8, 4) is 0 Å². The van der Waals surface area contributed by atoms with Crippen LogP contribution in [0.5, 0.6) is 0 Å². The molecule has 2 rings (SSSR count). The Morgan fingerprint density at radius 2 is 1.15 bits per heavy atom. The fourth-order valence-corrected chi connectivity index (χ4v) is 2.31. The standard InChI is InChI=1S/C9H19N.C6H6.2C2H6/c1-8-6-5-7-10(8)9(2,3)4;1-2-4-6-5-3-1;2*1-2/h8H,5-7H2,1-4H3;1-6H;2*1-2H3. The highest BCUT2D eigenvalue weighted by Crippen LogP contribution is 2.25. The molecule has 20 heavy (non-hydrogen) atoms. The molecule has 0 aliphatic carbocycles. The van der Waals surface area contributed by atoms with Gasteiger partial charge in [0.05, 0.1) is 0 Å². The number of nitrogens with zero attached hydrogens (tertiary/aromatic N) is 1. The minimum absolute atomic E-state index is 0.385. The van der Waals surface area contributed by atoms with Gasteiger partial charge in [-0.2, -0.15) is 0 Å². The molecule has 1 aliphatic rings. The molecular formula is C19H37N. The first-order valence-electron chi connectivity index (χ1n) is 8.28. The van der Waals surface area contributed by atoms with Gasteiger partial charge in [0, 0.05) is 11.6 Å². The molecule has 1 aromatic carbocycles. The molecule has 1 aromatic rings. The summed E-state index contributed by atoms with van der Waals surface area (Å²) in [5.74, 6) is 0. The third-order valence-corrected chi connectivity index (χ3v) is 3.08. The molecule has 1 aliphatic heterocycles. The minimum atomic E-state index is 0.385. The monoisotopic (exact) mass is 279 g/mol. The molecule has 1 heteroatoms. The predicted octanol–water partition coefficient (Wildman–Crippen LogP) is 6.01. The molecule has 0 saturated carbocycles. The Balaban J connectivity index is 0. The van der Waals surface area contributed by atoms with Gasteiger partial charge in [0.1, 0.15) is 0 Å². The maximum Gasteiger partial charge on any atom is 0.0127 e. The first kappa shape index (κ1) is 21.5. The minimum Gasteiger partial charge on any atom is -0.296 e. The van der Waals surface area contributed by atoms with Crippen molar-refractivity contribution in [2.75, 3.05) is 6.54 Å². The van der Waals surface area contributed by atoms with Crippen molar-refractivity contribution in [1.29, 1.82) is 0 Å². The number of rotatable bonds is 0. The van der Waals surface area contributed by atoms with E-state index in [1.165, 1.54) is 19.4 Å². The molecule has 1 nitrogen and oxygen atoms in total. The Morgan fingerprint density at radius 1 is 0.800 bits per heavy atom. The van der Waals surface area contributed by atoms with Gasteiger partial charge in [-0.25, -0.2) is 0 Å². The van der Waals surface area contributed by atoms with E-state index in [0.717, 1.165) is 6.04 Å². The van der Waals surface area contributed by atoms with Gasteiger partial charge in [0.25, 0.3) is 0 Å². The zero-order chi connectivity index (χ0) is 16.0. The topological polar surface area (TPSA) is 3.24 Å². The number of likely N-dealkylation sites (tertiary alicyclic amines) is 1. The summed E-state index contributed by atoms with van der Waals surface area (Å²) in [4.78, 5) is 2.59. The van der Waals surface area contributed by atoms with Crippen LogP contribution in [0.25, 0.3) is 0 Å². The lowest BCUT2D eigenvalue weighted by atomic mass is 10.1. The number of hydrogen-bond acceptors (Lipinski definition) is 1. The lowest BCUT2D eigenvalue weighted by Crippen LogP contribution is -2.43. The van der Waals surface area contributed by atoms with E-state index in [1.54, 1.807) is 0 Å². The fraction of sp³-hybridized carbons (Fsp3) is 0.684. The van der Waals surface area contributed by atoms with E-state index in [1.807, 2.05) is 64.1 Å². The smallest absolute Gasteiger partial charge is 0.0127 e. The van der Waals surface area contributed by atoms with Crippen LogP contribution in [0.1, 0.15) is 68.2 Å². The highest BCUT2D eigenvalue weighted by Gasteiger charge is 2.29. The molecule has 0 bridgehead atoms. The third-order valence-electron chi connectivity index (χ3n) is 3.08. The predicted molar refractivity (Wildman–Crippen MR) is 94.3 cm³/mol. The summed E-state index contributed by atoms with van der Waals surface area (Å²) in [6, 6.07) is 12.8. The van der Waals surface area contributed by atoms with Crippen molar-refractivity contribution in [2.24, 2.45) is 0 Å². The van der Waals surface area contributed by atoms with E-state index in [-0.39, 0.29) is 0 Å². The first-order chi connectivity index (χ1) is 9.52. The molecule has 1 saturated heterocycles. The Kier molecular flexibility index (Phi) is 14.2. The van der Waals surface area contributed by atoms with Crippen molar-refractivity contribution >= 4 is 0 Å². The molecule has 1 atom stereocenters. The van der Waals surface area contributed by atoms with E-state index >= 15 is 0 Å². The molecule has 0 spiro atoms. The molecular weight excluding hydrogens is 242 g/mol. The normalized spacial score (nSPS) is 17.7. The summed E-state index contributed by atoms with van der Waals surface area (Å²) in [6.45, 7) is 18.5. The summed E-state index contributed by atoms with van der Waals surface area (Å²) in [5.41, 5.74) is 0.385. The van der Waals surface area contributed by atoms with E-state index in [2.05, 4.69) is 32.6 Å². The van der Waals surface area contributed by atoms with E-state index < -0.39 is 0 Å². The van der Waals surface area contributed by atoms with Gasteiger partial charge < -0.3 is 0 Å². The van der Waals surface area contributed by atoms with Crippen LogP contribution in [-0.2, 0) is 0 Å². The summed E-state index contributed by atoms with van der Waals surface area (Å²) in [7, 11) is 0. The van der Waals surface area contributed by atoms with Gasteiger partial charge in [-0.3, -0.25) is 4.90 Å². The maximum absolute atomic E-state index is 2.59. The van der Waals surface area contributed by atoms with Gasteiger partial charge in [-0.1, -0.05) is 64.1 Å². The second-order valence-electron chi connectivity index (χ2n) is 5.51. The van der Waals surface area contributed by atoms with Crippen molar-refractivity contribution < 1.29 is 0 Å². The third kappa shape index (κ3) is 10.0. The molecule has 1 fully saturated rings. The number of hydrogen-bond donors (Lipinski definition) is 0. The average Bonchev–Trinajstić information content (AvgIpc) is 2.92. The Bertz CT molecular complexity index is 247. The van der Waals surface area contributed by atoms with Crippen LogP contribution in [-0.4, -0.2) is 23.0 Å². The van der Waals surface area contributed by atoms with Gasteiger partial charge in [0.2, 0.25) is 0 Å². The van der Waals surface area contributed by atoms with Gasteiger partial charge in [0.15, 0.2) is 0 Å². The zero-order valence-corrected chi connectivity index (χ0v) is 15.1. The van der Waals surface area contributed by atoms with Crippen molar-refractivity contribution in [3.05, 3.63) is 36.4 Å². The van der Waals surface area contributed by atoms with Crippen LogP contribution in [0, 0.1) is 0 Å². The lowest BCUT2D eigenvalue weighted by molar-refractivity contribution is 0.130. The Hall–Kier alpha value is -0.820. The second kappa shape index (κ2) is 13.2. The SMILES string of the molecule is CC.CC.CC1CCCN1C(C)(C)C.c1ccccc1. The summed E-state index contributed by atoms with van der Waals surface area (Å²) < 4.78 is 0. The first-order valence-corrected chi connectivity index (χ1v) is 8.28. The van der Waals surface area contributed by atoms with Crippen molar-refractivity contribution in [2.45, 2.75) is 79.8 Å². The second-order valence-corrected chi connectivity index (χ2v) is 5.51. The van der Waals surface area contributed by atoms with Crippen molar-refractivity contribution in [1.82, 2.24) is 4.90 Å². The molecule has 0 amide bonds. The molecule has 0 aromatic heterocycles. The van der Waals surface area contributed by atoms with E-state index in [4.69, 9.17) is 0 Å². The molecule has 0 N–H and O–H groups in total. The summed E-state index contributed by atoms with van der Waals surface area (Å²) in [6.07, 6.45) is 2.77. The van der Waals surface area contributed by atoms with Crippen LogP contribution in [0.15, 0.2) is 36.4 Å². The Labute approximate surface area is 128 Å². The Morgan fingerprint density at radius 3 is 1.30 bits per heavy atom. The average molecular weight is 280 g/mol. The van der Waals surface area contributed by atoms with Crippen LogP contribution in [0.3, 0.4) is 0 Å². The lowest BCUT2D eigenvalue weighted by Gasteiger charge is -2.35. The van der Waals surface area contributed by atoms with Gasteiger partial charge >= 0.3 is 0 Å². The van der Waals surface area contributed by atoms with E-state index in [0.29, 0.717) is 5.54 Å². The molecule has 118 valence electrons. The maximum atomic E-state index is 2.59. The zero-order valence-electron chi connectivity index (χ0n) is 15.1. The molecule has 1 unspecified atom stereocenters. The quantitative estimate of drug-likeness (QED) is 0.562. The molecule has 0 radical (unpaired) electrons. The van der Waals surface area contributed by atoms with Crippen LogP contribution in [0.4, 0.5) is 0 Å². The van der Waals surface area contributed by atoms with Crippen LogP contribution in [0.2, 0.25) is 0 Å². The largest absolute Gasteiger partial charge is 0.296 e. The molecule has 1 heterocycles. The van der Waals surface area contributed by atoms with Gasteiger partial charge in [-0.15, -0.1) is 0 Å². The fourth-order valence-electron chi connectivity index (χ4n) is 2.31. The highest BCUT2D eigenvalue weighted by atomic mass is 15.2. The highest BCUT2D eigenvalue weighted by molar-refractivity contribution is 4.99. The van der Waals surface area contributed by atoms with Crippen LogP contribution >= 0.6 is 0 Å². The summed E-state index contributed by atoms with van der Waals surface area (Å²) >= 11 is 0. The van der Waals surface area contributed by atoms with Crippen LogP contribution < -0.4 is 0 Å². The van der Waals surface area contributed by atoms with Gasteiger partial charge in [-0.05, 0) is 47.1 Å². The summed E-state index contributed by atoms with van der Waals surface area (Å²) in [5, 5.41) is 0. The number of benzene rings is 1. The van der Waals surface area contributed by atoms with E-state index in [9.17, 15) is 0 Å².